The van der Waals surface area contributed by atoms with Gasteiger partial charge in [-0.2, -0.15) is 0 Å². The van der Waals surface area contributed by atoms with E-state index in [4.69, 9.17) is 18.6 Å². The van der Waals surface area contributed by atoms with Gasteiger partial charge in [0.25, 0.3) is 8.32 Å². The highest BCUT2D eigenvalue weighted by Crippen LogP contribution is 2.55. The summed E-state index contributed by atoms with van der Waals surface area (Å²) >= 11 is 3.60. The van der Waals surface area contributed by atoms with Crippen LogP contribution in [0.5, 0.6) is 0 Å². The van der Waals surface area contributed by atoms with Crippen LogP contribution in [0, 0.1) is 0 Å². The molecule has 36 heavy (non-hydrogen) atoms. The van der Waals surface area contributed by atoms with Crippen LogP contribution in [0.15, 0.2) is 71.8 Å². The molecule has 192 valence electrons. The maximum Gasteiger partial charge on any atom is 0.339 e. The predicted octanol–water partition coefficient (Wildman–Crippen LogP) is 2.83. The van der Waals surface area contributed by atoms with Gasteiger partial charge < -0.3 is 23.7 Å². The molecule has 0 spiro atoms. The number of benzene rings is 2. The number of halogens is 1. The number of hydrogen-bond donors (Lipinski definition) is 1. The standard InChI is InChI=1S/C27H31BrO7Si/c1-26(2,3)36(17-12-8-6-9-13-17,18-14-10-7-11-15-18)35-27-21(25(31)33-5)19(16-20(29)32-4)23(34-27)22(30)24(27)28/h6-15,22-24,30H,16H2,1-5H3/t22-,23+,24-,27+/m1/s1. The Hall–Kier alpha value is -2.30. The average molecular weight is 576 g/mol. The lowest BCUT2D eigenvalue weighted by Crippen LogP contribution is -2.71. The monoisotopic (exact) mass is 574 g/mol. The molecular weight excluding hydrogens is 544 g/mol. The minimum Gasteiger partial charge on any atom is -0.469 e. The fraction of sp³-hybridized carbons (Fsp3) is 0.407. The minimum atomic E-state index is -3.25. The van der Waals surface area contributed by atoms with Crippen molar-refractivity contribution in [2.24, 2.45) is 0 Å². The molecule has 2 aromatic rings. The molecule has 4 rings (SSSR count). The topological polar surface area (TPSA) is 91.3 Å². The minimum absolute atomic E-state index is 0.0977. The number of hydrogen-bond acceptors (Lipinski definition) is 7. The van der Waals surface area contributed by atoms with Crippen LogP contribution in [0.25, 0.3) is 0 Å². The molecule has 1 fully saturated rings. The quantitative estimate of drug-likeness (QED) is 0.309. The third-order valence-electron chi connectivity index (χ3n) is 6.96. The van der Waals surface area contributed by atoms with E-state index < -0.39 is 48.1 Å². The normalized spacial score (nSPS) is 25.7. The first-order chi connectivity index (χ1) is 17.0. The molecular formula is C27H31BrO7Si. The summed E-state index contributed by atoms with van der Waals surface area (Å²) in [6.07, 6.45) is -2.22. The van der Waals surface area contributed by atoms with Gasteiger partial charge in [0.2, 0.25) is 5.79 Å². The number of fused-ring (bicyclic) bond motifs is 2. The van der Waals surface area contributed by atoms with Gasteiger partial charge >= 0.3 is 11.9 Å². The van der Waals surface area contributed by atoms with Gasteiger partial charge in [0.05, 0.1) is 26.2 Å². The molecule has 0 radical (unpaired) electrons. The molecule has 9 heteroatoms. The van der Waals surface area contributed by atoms with Crippen LogP contribution in [0.3, 0.4) is 0 Å². The van der Waals surface area contributed by atoms with Gasteiger partial charge in [-0.3, -0.25) is 4.79 Å². The van der Waals surface area contributed by atoms with Crippen LogP contribution in [0.1, 0.15) is 27.2 Å². The van der Waals surface area contributed by atoms with Gasteiger partial charge in [0, 0.05) is 0 Å². The van der Waals surface area contributed by atoms with Crippen LogP contribution in [0.4, 0.5) is 0 Å². The summed E-state index contributed by atoms with van der Waals surface area (Å²) in [5.41, 5.74) is 0.412. The number of rotatable bonds is 7. The highest BCUT2D eigenvalue weighted by molar-refractivity contribution is 9.09. The number of esters is 2. The molecule has 2 bridgehead atoms. The van der Waals surface area contributed by atoms with E-state index in [0.29, 0.717) is 5.57 Å². The molecule has 0 unspecified atom stereocenters. The lowest BCUT2D eigenvalue weighted by Gasteiger charge is -2.48. The molecule has 0 aromatic heterocycles. The Labute approximate surface area is 220 Å². The van der Waals surface area contributed by atoms with E-state index in [1.807, 2.05) is 60.7 Å². The molecule has 4 atom stereocenters. The second-order valence-corrected chi connectivity index (χ2v) is 15.2. The van der Waals surface area contributed by atoms with Crippen LogP contribution < -0.4 is 10.4 Å². The van der Waals surface area contributed by atoms with Crippen molar-refractivity contribution in [3.63, 3.8) is 0 Å². The zero-order valence-corrected chi connectivity index (χ0v) is 23.6. The van der Waals surface area contributed by atoms with Crippen LogP contribution in [0.2, 0.25) is 5.04 Å². The van der Waals surface area contributed by atoms with Gasteiger partial charge in [-0.15, -0.1) is 0 Å². The Morgan fingerprint density at radius 1 is 1.00 bits per heavy atom. The summed E-state index contributed by atoms with van der Waals surface area (Å²) in [6, 6.07) is 19.8. The Bertz CT molecular complexity index is 1120. The molecule has 1 N–H and O–H groups in total. The van der Waals surface area contributed by atoms with E-state index in [1.54, 1.807) is 0 Å². The van der Waals surface area contributed by atoms with Gasteiger partial charge in [-0.25, -0.2) is 4.79 Å². The number of carbonyl (C=O) groups is 2. The van der Waals surface area contributed by atoms with Crippen molar-refractivity contribution in [3.8, 4) is 0 Å². The number of ether oxygens (including phenoxy) is 3. The number of carbonyl (C=O) groups excluding carboxylic acids is 2. The van der Waals surface area contributed by atoms with Crippen molar-refractivity contribution in [2.45, 2.75) is 55.1 Å². The van der Waals surface area contributed by atoms with Gasteiger partial charge in [-0.1, -0.05) is 97.4 Å². The van der Waals surface area contributed by atoms with Crippen molar-refractivity contribution < 1.29 is 33.3 Å². The lowest BCUT2D eigenvalue weighted by atomic mass is 9.85. The van der Waals surface area contributed by atoms with Gasteiger partial charge in [0.15, 0.2) is 0 Å². The van der Waals surface area contributed by atoms with Crippen LogP contribution in [-0.2, 0) is 28.2 Å². The van der Waals surface area contributed by atoms with E-state index in [-0.39, 0.29) is 12.0 Å². The third-order valence-corrected chi connectivity index (χ3v) is 13.1. The Morgan fingerprint density at radius 2 is 1.53 bits per heavy atom. The largest absolute Gasteiger partial charge is 0.469 e. The highest BCUT2D eigenvalue weighted by Gasteiger charge is 2.70. The highest BCUT2D eigenvalue weighted by atomic mass is 79.9. The molecule has 2 aliphatic rings. The van der Waals surface area contributed by atoms with Crippen molar-refractivity contribution >= 4 is 46.6 Å². The Balaban J connectivity index is 2.02. The SMILES string of the molecule is COC(=O)CC1=C(C(=O)OC)[C@@]2(O[Si](c3ccccc3)(c3ccccc3)C(C)(C)C)O[C@@H]1[C@@H](O)[C@H]2Br. The smallest absolute Gasteiger partial charge is 0.339 e. The van der Waals surface area contributed by atoms with Crippen molar-refractivity contribution in [1.29, 1.82) is 0 Å². The zero-order valence-electron chi connectivity index (χ0n) is 21.0. The molecule has 2 heterocycles. The molecule has 2 aromatic carbocycles. The summed E-state index contributed by atoms with van der Waals surface area (Å²) in [5.74, 6) is -2.92. The average Bonchev–Trinajstić information content (AvgIpc) is 3.32. The Kier molecular flexibility index (Phi) is 7.33. The molecule has 7 nitrogen and oxygen atoms in total. The molecule has 1 saturated heterocycles. The summed E-state index contributed by atoms with van der Waals surface area (Å²) in [4.78, 5) is 24.8. The number of alkyl halides is 1. The van der Waals surface area contributed by atoms with E-state index in [9.17, 15) is 14.7 Å². The van der Waals surface area contributed by atoms with Crippen molar-refractivity contribution in [1.82, 2.24) is 0 Å². The lowest BCUT2D eigenvalue weighted by molar-refractivity contribution is -0.152. The molecule has 0 saturated carbocycles. The fourth-order valence-electron chi connectivity index (χ4n) is 5.34. The first-order valence-corrected chi connectivity index (χ1v) is 14.6. The molecule has 0 amide bonds. The summed E-state index contributed by atoms with van der Waals surface area (Å²) in [6.45, 7) is 6.31. The zero-order chi connectivity index (χ0) is 26.3. The third kappa shape index (κ3) is 4.07. The summed E-state index contributed by atoms with van der Waals surface area (Å²) in [7, 11) is -0.713. The number of methoxy groups -OCH3 is 2. The molecule has 0 aliphatic carbocycles. The van der Waals surface area contributed by atoms with Gasteiger partial charge in [-0.05, 0) is 21.0 Å². The van der Waals surface area contributed by atoms with E-state index in [2.05, 4.69) is 36.7 Å². The maximum atomic E-state index is 13.3. The van der Waals surface area contributed by atoms with E-state index in [1.165, 1.54) is 14.2 Å². The van der Waals surface area contributed by atoms with Crippen LogP contribution in [-0.4, -0.2) is 62.4 Å². The fourth-order valence-corrected chi connectivity index (χ4v) is 10.9. The number of aliphatic hydroxyl groups is 1. The maximum absolute atomic E-state index is 13.3. The first-order valence-electron chi connectivity index (χ1n) is 11.7. The predicted molar refractivity (Wildman–Crippen MR) is 141 cm³/mol. The van der Waals surface area contributed by atoms with Crippen LogP contribution >= 0.6 is 15.9 Å². The van der Waals surface area contributed by atoms with Gasteiger partial charge in [0.1, 0.15) is 17.0 Å². The summed E-state index contributed by atoms with van der Waals surface area (Å²) < 4.78 is 23.7. The first kappa shape index (κ1) is 26.8. The van der Waals surface area contributed by atoms with E-state index >= 15 is 0 Å². The second kappa shape index (κ2) is 9.87. The Morgan fingerprint density at radius 3 is 1.97 bits per heavy atom. The van der Waals surface area contributed by atoms with Crippen molar-refractivity contribution in [2.75, 3.05) is 14.2 Å². The molecule has 2 aliphatic heterocycles. The van der Waals surface area contributed by atoms with Crippen molar-refractivity contribution in [3.05, 3.63) is 71.8 Å². The second-order valence-electron chi connectivity index (χ2n) is 10.0. The summed E-state index contributed by atoms with van der Waals surface area (Å²) in [5, 5.41) is 12.7. The number of aliphatic hydroxyl groups excluding tert-OH is 1. The van der Waals surface area contributed by atoms with E-state index in [0.717, 1.165) is 10.4 Å².